The average Bonchev–Trinajstić information content (AvgIpc) is 3.10. The van der Waals surface area contributed by atoms with Crippen LogP contribution in [0.25, 0.3) is 22.6 Å². The van der Waals surface area contributed by atoms with Crippen molar-refractivity contribution < 1.29 is 0 Å². The van der Waals surface area contributed by atoms with Crippen LogP contribution >= 0.6 is 0 Å². The van der Waals surface area contributed by atoms with E-state index >= 15 is 0 Å². The van der Waals surface area contributed by atoms with Crippen LogP contribution in [0.3, 0.4) is 0 Å². The van der Waals surface area contributed by atoms with Crippen molar-refractivity contribution in [3.8, 4) is 22.6 Å². The highest BCUT2D eigenvalue weighted by Gasteiger charge is 2.08. The summed E-state index contributed by atoms with van der Waals surface area (Å²) >= 11 is 0. The van der Waals surface area contributed by atoms with Crippen LogP contribution in [0.5, 0.6) is 0 Å². The number of nitrogens with zero attached hydrogens (tertiary/aromatic N) is 6. The van der Waals surface area contributed by atoms with E-state index in [0.29, 0.717) is 23.8 Å². The number of H-pyrrole nitrogens is 1. The van der Waals surface area contributed by atoms with Crippen molar-refractivity contribution in [2.45, 2.75) is 13.5 Å². The van der Waals surface area contributed by atoms with Crippen molar-refractivity contribution >= 4 is 0 Å². The van der Waals surface area contributed by atoms with Crippen molar-refractivity contribution in [2.24, 2.45) is 0 Å². The number of benzene rings is 1. The maximum atomic E-state index is 11.3. The van der Waals surface area contributed by atoms with Gasteiger partial charge in [0.05, 0.1) is 24.8 Å². The van der Waals surface area contributed by atoms with Crippen molar-refractivity contribution in [3.05, 3.63) is 76.9 Å². The van der Waals surface area contributed by atoms with Crippen LogP contribution in [-0.2, 0) is 6.54 Å². The summed E-state index contributed by atoms with van der Waals surface area (Å²) < 4.78 is 1.62. The van der Waals surface area contributed by atoms with Crippen LogP contribution in [0.15, 0.2) is 60.0 Å². The van der Waals surface area contributed by atoms with Gasteiger partial charge in [-0.1, -0.05) is 29.0 Å². The van der Waals surface area contributed by atoms with Crippen LogP contribution in [0.2, 0.25) is 0 Å². The van der Waals surface area contributed by atoms with Gasteiger partial charge in [-0.15, -0.1) is 5.10 Å². The molecule has 0 atom stereocenters. The first-order chi connectivity index (χ1) is 12.7. The van der Waals surface area contributed by atoms with Crippen LogP contribution in [-0.4, -0.2) is 34.9 Å². The van der Waals surface area contributed by atoms with E-state index < -0.39 is 0 Å². The van der Waals surface area contributed by atoms with Crippen molar-refractivity contribution in [3.63, 3.8) is 0 Å². The minimum atomic E-state index is -0.199. The highest BCUT2D eigenvalue weighted by molar-refractivity contribution is 5.60. The number of aromatic nitrogens is 7. The molecule has 4 rings (SSSR count). The predicted octanol–water partition coefficient (Wildman–Crippen LogP) is 1.84. The number of rotatable bonds is 4. The Labute approximate surface area is 148 Å². The summed E-state index contributed by atoms with van der Waals surface area (Å²) in [5.41, 5.74) is 3.97. The molecule has 3 aromatic heterocycles. The Kier molecular flexibility index (Phi) is 4.06. The Hall–Kier alpha value is -3.68. The van der Waals surface area contributed by atoms with E-state index in [1.54, 1.807) is 23.3 Å². The van der Waals surface area contributed by atoms with Crippen LogP contribution in [0.4, 0.5) is 0 Å². The van der Waals surface area contributed by atoms with Crippen LogP contribution in [0.1, 0.15) is 11.3 Å². The zero-order valence-corrected chi connectivity index (χ0v) is 14.0. The highest BCUT2D eigenvalue weighted by Crippen LogP contribution is 2.19. The highest BCUT2D eigenvalue weighted by atomic mass is 16.1. The molecule has 4 aromatic rings. The van der Waals surface area contributed by atoms with E-state index in [1.807, 2.05) is 31.2 Å². The van der Waals surface area contributed by atoms with Gasteiger partial charge in [0.15, 0.2) is 5.82 Å². The van der Waals surface area contributed by atoms with Gasteiger partial charge < -0.3 is 4.98 Å². The van der Waals surface area contributed by atoms with Gasteiger partial charge in [-0.25, -0.2) is 19.6 Å². The topological polar surface area (TPSA) is 102 Å². The van der Waals surface area contributed by atoms with Crippen LogP contribution < -0.4 is 5.56 Å². The molecule has 128 valence electrons. The molecule has 0 spiro atoms. The summed E-state index contributed by atoms with van der Waals surface area (Å²) in [5, 5.41) is 8.21. The smallest absolute Gasteiger partial charge is 0.250 e. The van der Waals surface area contributed by atoms with Crippen molar-refractivity contribution in [1.82, 2.24) is 34.9 Å². The van der Waals surface area contributed by atoms with Gasteiger partial charge in [-0.2, -0.15) is 0 Å². The van der Waals surface area contributed by atoms with Gasteiger partial charge in [-0.05, 0) is 13.0 Å². The first kappa shape index (κ1) is 15.8. The number of hydrogen-bond acceptors (Lipinski definition) is 6. The number of aryl methyl sites for hydroxylation is 1. The second-order valence-electron chi connectivity index (χ2n) is 5.87. The van der Waals surface area contributed by atoms with Gasteiger partial charge >= 0.3 is 0 Å². The molecule has 0 aliphatic rings. The molecule has 26 heavy (non-hydrogen) atoms. The van der Waals surface area contributed by atoms with E-state index in [0.717, 1.165) is 16.7 Å². The normalized spacial score (nSPS) is 10.8. The number of nitrogens with one attached hydrogen (secondary N) is 1. The molecule has 0 fully saturated rings. The zero-order valence-electron chi connectivity index (χ0n) is 14.0. The molecule has 1 N–H and O–H groups in total. The Morgan fingerprint density at radius 2 is 1.92 bits per heavy atom. The molecule has 0 saturated carbocycles. The first-order valence-electron chi connectivity index (χ1n) is 8.00. The quantitative estimate of drug-likeness (QED) is 0.605. The monoisotopic (exact) mass is 345 g/mol. The predicted molar refractivity (Wildman–Crippen MR) is 95.2 cm³/mol. The molecular weight excluding hydrogens is 330 g/mol. The second kappa shape index (κ2) is 6.67. The van der Waals surface area contributed by atoms with Gasteiger partial charge in [0.2, 0.25) is 0 Å². The summed E-state index contributed by atoms with van der Waals surface area (Å²) in [6, 6.07) is 9.47. The molecule has 0 radical (unpaired) electrons. The SMILES string of the molecule is Cc1cccc(-c2ncc(-c3cn(Cc4cc(=O)[nH]cn4)nn3)cn2)c1. The Morgan fingerprint density at radius 3 is 2.69 bits per heavy atom. The average molecular weight is 345 g/mol. The van der Waals surface area contributed by atoms with Gasteiger partial charge in [0.25, 0.3) is 5.56 Å². The fourth-order valence-corrected chi connectivity index (χ4v) is 2.56. The van der Waals surface area contributed by atoms with E-state index in [-0.39, 0.29) is 5.56 Å². The number of hydrogen-bond donors (Lipinski definition) is 1. The van der Waals surface area contributed by atoms with Crippen molar-refractivity contribution in [1.29, 1.82) is 0 Å². The van der Waals surface area contributed by atoms with E-state index in [2.05, 4.69) is 30.2 Å². The molecule has 3 heterocycles. The third kappa shape index (κ3) is 3.39. The second-order valence-corrected chi connectivity index (χ2v) is 5.87. The van der Waals surface area contributed by atoms with Gasteiger partial charge in [-0.3, -0.25) is 4.79 Å². The minimum absolute atomic E-state index is 0.199. The molecular formula is C18H15N7O. The fraction of sp³-hybridized carbons (Fsp3) is 0.111. The molecule has 0 saturated heterocycles. The van der Waals surface area contributed by atoms with Crippen LogP contribution in [0, 0.1) is 6.92 Å². The molecule has 8 nitrogen and oxygen atoms in total. The lowest BCUT2D eigenvalue weighted by Gasteiger charge is -2.02. The lowest BCUT2D eigenvalue weighted by atomic mass is 10.1. The maximum absolute atomic E-state index is 11.3. The lowest BCUT2D eigenvalue weighted by molar-refractivity contribution is 0.636. The Bertz CT molecular complexity index is 1100. The largest absolute Gasteiger partial charge is 0.313 e. The first-order valence-corrected chi connectivity index (χ1v) is 8.00. The lowest BCUT2D eigenvalue weighted by Crippen LogP contribution is -2.10. The molecule has 8 heteroatoms. The standard InChI is InChI=1S/C18H15N7O/c1-12-3-2-4-13(5-12)18-19-7-14(8-20-18)16-10-25(24-23-16)9-15-6-17(26)22-11-21-15/h2-8,10-11H,9H2,1H3,(H,21,22,26). The fourth-order valence-electron chi connectivity index (χ4n) is 2.56. The molecule has 0 amide bonds. The third-order valence-corrected chi connectivity index (χ3v) is 3.82. The molecule has 0 unspecified atom stereocenters. The molecule has 0 bridgehead atoms. The van der Waals surface area contributed by atoms with E-state index in [1.165, 1.54) is 12.4 Å². The van der Waals surface area contributed by atoms with Gasteiger partial charge in [0, 0.05) is 29.6 Å². The minimum Gasteiger partial charge on any atom is -0.313 e. The summed E-state index contributed by atoms with van der Waals surface area (Å²) in [6.45, 7) is 2.39. The van der Waals surface area contributed by atoms with E-state index in [9.17, 15) is 4.79 Å². The molecule has 0 aliphatic carbocycles. The maximum Gasteiger partial charge on any atom is 0.250 e. The Balaban J connectivity index is 1.55. The van der Waals surface area contributed by atoms with Crippen molar-refractivity contribution in [2.75, 3.05) is 0 Å². The Morgan fingerprint density at radius 1 is 1.08 bits per heavy atom. The molecule has 0 aliphatic heterocycles. The summed E-state index contributed by atoms with van der Waals surface area (Å²) in [6.07, 6.45) is 6.59. The summed E-state index contributed by atoms with van der Waals surface area (Å²) in [5.74, 6) is 0.664. The zero-order chi connectivity index (χ0) is 17.9. The van der Waals surface area contributed by atoms with Gasteiger partial charge in [0.1, 0.15) is 5.69 Å². The summed E-state index contributed by atoms with van der Waals surface area (Å²) in [4.78, 5) is 26.8. The summed E-state index contributed by atoms with van der Waals surface area (Å²) in [7, 11) is 0. The molecule has 1 aromatic carbocycles. The third-order valence-electron chi connectivity index (χ3n) is 3.82. The van der Waals surface area contributed by atoms with E-state index in [4.69, 9.17) is 0 Å². The number of aromatic amines is 1.